The molecule has 1 unspecified atom stereocenters. The second kappa shape index (κ2) is 15.5. The van der Waals surface area contributed by atoms with Gasteiger partial charge in [-0.25, -0.2) is 0 Å². The molecular formula is C43H49N5O6Si. The number of hydrogen-bond donors (Lipinski definition) is 3. The first-order valence-electron chi connectivity index (χ1n) is 18.9. The molecule has 0 radical (unpaired) electrons. The molecule has 11 nitrogen and oxygen atoms in total. The molecule has 1 saturated heterocycles. The molecule has 5 aromatic rings. The Morgan fingerprint density at radius 2 is 1.75 bits per heavy atom. The summed E-state index contributed by atoms with van der Waals surface area (Å²) < 4.78 is 14.6. The number of carbonyl (C=O) groups excluding carboxylic acids is 2. The molecule has 286 valence electrons. The summed E-state index contributed by atoms with van der Waals surface area (Å²) in [4.78, 5) is 29.2. The first-order chi connectivity index (χ1) is 26.5. The molecule has 6 atom stereocenters. The third kappa shape index (κ3) is 7.11. The number of anilines is 2. The van der Waals surface area contributed by atoms with Crippen LogP contribution in [0.2, 0.25) is 18.6 Å². The van der Waals surface area contributed by atoms with Crippen LogP contribution in [0.5, 0.6) is 5.75 Å². The number of ether oxygens (including phenoxy) is 2. The van der Waals surface area contributed by atoms with Crippen LogP contribution in [-0.2, 0) is 33.0 Å². The topological polar surface area (TPSA) is 139 Å². The van der Waals surface area contributed by atoms with E-state index in [1.807, 2.05) is 101 Å². The number of methoxy groups -OCH3 is 1. The third-order valence-electron chi connectivity index (χ3n) is 11.6. The first-order valence-corrected chi connectivity index (χ1v) is 21.9. The summed E-state index contributed by atoms with van der Waals surface area (Å²) in [6, 6.07) is 33.4. The predicted octanol–water partition coefficient (Wildman–Crippen LogP) is 5.58. The highest BCUT2D eigenvalue weighted by atomic mass is 28.3. The minimum Gasteiger partial charge on any atom is -0.497 e. The highest BCUT2D eigenvalue weighted by Gasteiger charge is 2.66. The Hall–Kier alpha value is -5.14. The minimum absolute atomic E-state index is 0.0364. The molecule has 7 rings (SSSR count). The number of hydrogen-bond acceptors (Lipinski definition) is 8. The van der Waals surface area contributed by atoms with Gasteiger partial charge in [-0.05, 0) is 60.3 Å². The van der Waals surface area contributed by atoms with Crippen molar-refractivity contribution in [3.05, 3.63) is 132 Å². The highest BCUT2D eigenvalue weighted by molar-refractivity contribution is 6.91. The van der Waals surface area contributed by atoms with E-state index in [0.717, 1.165) is 28.1 Å². The van der Waals surface area contributed by atoms with Crippen molar-refractivity contribution in [2.45, 2.75) is 75.7 Å². The summed E-state index contributed by atoms with van der Waals surface area (Å²) in [6.45, 7) is 9.02. The van der Waals surface area contributed by atoms with Crippen LogP contribution in [0.15, 0.2) is 109 Å². The maximum Gasteiger partial charge on any atom is 0.264 e. The fraction of sp³-hybridized carbons (Fsp3) is 0.349. The molecule has 4 aromatic carbocycles. The van der Waals surface area contributed by atoms with Crippen LogP contribution in [-0.4, -0.2) is 71.0 Å². The average Bonchev–Trinajstić information content (AvgIpc) is 3.85. The van der Waals surface area contributed by atoms with Gasteiger partial charge in [0.05, 0.1) is 51.7 Å². The number of para-hydroxylation sites is 1. The van der Waals surface area contributed by atoms with Crippen molar-refractivity contribution in [2.75, 3.05) is 23.9 Å². The molecule has 3 N–H and O–H groups in total. The van der Waals surface area contributed by atoms with Crippen molar-refractivity contribution in [3.63, 3.8) is 0 Å². The number of rotatable bonds is 13. The van der Waals surface area contributed by atoms with Crippen LogP contribution >= 0.6 is 0 Å². The zero-order valence-corrected chi connectivity index (χ0v) is 32.9. The second-order valence-electron chi connectivity index (χ2n) is 15.3. The highest BCUT2D eigenvalue weighted by Crippen LogP contribution is 2.60. The maximum absolute atomic E-state index is 15.2. The van der Waals surface area contributed by atoms with Gasteiger partial charge in [0.15, 0.2) is 5.60 Å². The van der Waals surface area contributed by atoms with Crippen LogP contribution in [0.4, 0.5) is 11.4 Å². The molecule has 1 spiro atoms. The second-order valence-corrected chi connectivity index (χ2v) is 20.0. The first kappa shape index (κ1) is 38.1. The fourth-order valence-electron chi connectivity index (χ4n) is 8.77. The van der Waals surface area contributed by atoms with E-state index in [-0.39, 0.29) is 42.5 Å². The Balaban J connectivity index is 1.22. The Morgan fingerprint density at radius 3 is 2.45 bits per heavy atom. The van der Waals surface area contributed by atoms with Gasteiger partial charge < -0.3 is 29.9 Å². The molecule has 1 fully saturated rings. The molecule has 2 aliphatic rings. The molecular weight excluding hydrogens is 711 g/mol. The smallest absolute Gasteiger partial charge is 0.264 e. The molecule has 2 aliphatic heterocycles. The van der Waals surface area contributed by atoms with Crippen molar-refractivity contribution >= 4 is 36.4 Å². The van der Waals surface area contributed by atoms with Crippen LogP contribution in [0.3, 0.4) is 0 Å². The zero-order valence-electron chi connectivity index (χ0n) is 31.9. The number of carbonyl (C=O) groups is 2. The number of aliphatic hydroxyl groups is 2. The standard InChI is InChI=1S/C43H49N5O6Si/c1-28-40(55(4,5)34-20-18-33(53-3)19-21-34)39(22-23-47-26-37(45-46-47)35(27-49)31-13-7-6-8-14-31)54-43(28)36-16-9-10-17-38(36)48(42(43)52)25-30-12-11-15-32(24-30)44-41(51)29(2)50/h6-21,24,26,28-29,35,39-40,49-50H,22-23,25,27H2,1-5H3,(H,44,51)/t28-,29-,35?,39+,40-,43+/m0/s1. The van der Waals surface area contributed by atoms with Crippen LogP contribution < -0.4 is 20.1 Å². The number of aromatic nitrogens is 3. The number of nitrogens with one attached hydrogen (secondary N) is 1. The van der Waals surface area contributed by atoms with E-state index in [4.69, 9.17) is 9.47 Å². The van der Waals surface area contributed by atoms with Gasteiger partial charge in [-0.15, -0.1) is 5.10 Å². The Morgan fingerprint density at radius 1 is 1.02 bits per heavy atom. The summed E-state index contributed by atoms with van der Waals surface area (Å²) in [5, 5.41) is 33.0. The molecule has 12 heteroatoms. The van der Waals surface area contributed by atoms with E-state index in [0.29, 0.717) is 24.3 Å². The lowest BCUT2D eigenvalue weighted by molar-refractivity contribution is -0.146. The van der Waals surface area contributed by atoms with E-state index in [1.54, 1.807) is 13.2 Å². The van der Waals surface area contributed by atoms with Crippen LogP contribution in [0.1, 0.15) is 48.6 Å². The number of amides is 2. The Labute approximate surface area is 322 Å². The molecule has 3 heterocycles. The summed E-state index contributed by atoms with van der Waals surface area (Å²) in [5.41, 5.74) is 3.51. The summed E-state index contributed by atoms with van der Waals surface area (Å²) in [6.07, 6.45) is 1.06. The molecule has 0 aliphatic carbocycles. The molecule has 1 aromatic heterocycles. The predicted molar refractivity (Wildman–Crippen MR) is 214 cm³/mol. The van der Waals surface area contributed by atoms with Crippen LogP contribution in [0.25, 0.3) is 0 Å². The largest absolute Gasteiger partial charge is 0.497 e. The van der Waals surface area contributed by atoms with Gasteiger partial charge in [0.25, 0.3) is 11.8 Å². The number of benzene rings is 4. The SMILES string of the molecule is COc1ccc([Si](C)(C)[C@@H]2[C@@H](CCn3cc(C(CO)c4ccccc4)nn3)O[C@]3(C(=O)N(Cc4cccc(NC(=O)[C@H](C)O)c4)c4ccccc43)[C@H]2C)cc1. The van der Waals surface area contributed by atoms with Gasteiger partial charge in [-0.2, -0.15) is 0 Å². The van der Waals surface area contributed by atoms with E-state index >= 15 is 4.79 Å². The van der Waals surface area contributed by atoms with Gasteiger partial charge in [-0.3, -0.25) is 14.3 Å². The lowest BCUT2D eigenvalue weighted by Crippen LogP contribution is -2.51. The summed E-state index contributed by atoms with van der Waals surface area (Å²) >= 11 is 0. The van der Waals surface area contributed by atoms with Crippen molar-refractivity contribution in [1.29, 1.82) is 0 Å². The zero-order chi connectivity index (χ0) is 38.9. The van der Waals surface area contributed by atoms with Crippen molar-refractivity contribution in [3.8, 4) is 5.75 Å². The number of aryl methyl sites for hydroxylation is 1. The number of aliphatic hydroxyl groups excluding tert-OH is 2. The monoisotopic (exact) mass is 759 g/mol. The molecule has 2 amide bonds. The molecule has 0 saturated carbocycles. The van der Waals surface area contributed by atoms with Crippen LogP contribution in [0, 0.1) is 5.92 Å². The number of fused-ring (bicyclic) bond motifs is 2. The van der Waals surface area contributed by atoms with Crippen molar-refractivity contribution in [2.24, 2.45) is 5.92 Å². The van der Waals surface area contributed by atoms with Gasteiger partial charge in [0.2, 0.25) is 0 Å². The Kier molecular flexibility index (Phi) is 10.8. The Bertz CT molecular complexity index is 2140. The van der Waals surface area contributed by atoms with Gasteiger partial charge in [0, 0.05) is 29.9 Å². The van der Waals surface area contributed by atoms with E-state index < -0.39 is 25.7 Å². The van der Waals surface area contributed by atoms with Crippen molar-refractivity contribution in [1.82, 2.24) is 15.0 Å². The lowest BCUT2D eigenvalue weighted by atomic mass is 9.82. The summed E-state index contributed by atoms with van der Waals surface area (Å²) in [5.74, 6) is -0.285. The summed E-state index contributed by atoms with van der Waals surface area (Å²) in [7, 11) is -0.706. The van der Waals surface area contributed by atoms with Gasteiger partial charge in [-0.1, -0.05) is 103 Å². The van der Waals surface area contributed by atoms with Gasteiger partial charge in [0.1, 0.15) is 11.9 Å². The van der Waals surface area contributed by atoms with Gasteiger partial charge >= 0.3 is 0 Å². The lowest BCUT2D eigenvalue weighted by Gasteiger charge is -2.37. The minimum atomic E-state index is -2.37. The normalized spacial score (nSPS) is 21.8. The molecule has 0 bridgehead atoms. The fourth-order valence-corrected chi connectivity index (χ4v) is 12.8. The van der Waals surface area contributed by atoms with E-state index in [1.165, 1.54) is 12.1 Å². The van der Waals surface area contributed by atoms with E-state index in [2.05, 4.69) is 47.8 Å². The molecule has 55 heavy (non-hydrogen) atoms. The third-order valence-corrected chi connectivity index (χ3v) is 16.0. The maximum atomic E-state index is 15.2. The quantitative estimate of drug-likeness (QED) is 0.132. The van der Waals surface area contributed by atoms with E-state index in [9.17, 15) is 15.0 Å². The average molecular weight is 760 g/mol. The van der Waals surface area contributed by atoms with Crippen molar-refractivity contribution < 1.29 is 29.3 Å². The number of nitrogens with zero attached hydrogens (tertiary/aromatic N) is 4.